The molecule has 0 bridgehead atoms. The van der Waals surface area contributed by atoms with Gasteiger partial charge in [0, 0.05) is 18.5 Å². The Morgan fingerprint density at radius 1 is 1.73 bits per heavy atom. The fraction of sp³-hybridized carbons (Fsp3) is 0.250. The molecule has 2 aromatic rings. The summed E-state index contributed by atoms with van der Waals surface area (Å²) in [6.07, 6.45) is 1.12. The van der Waals surface area contributed by atoms with E-state index >= 15 is 0 Å². The van der Waals surface area contributed by atoms with Crippen LogP contribution in [0.2, 0.25) is 1.41 Å². The van der Waals surface area contributed by atoms with Crippen LogP contribution in [0, 0.1) is 0 Å². The molecule has 0 aromatic carbocycles. The summed E-state index contributed by atoms with van der Waals surface area (Å²) in [5.74, 6) is 0.439. The Bertz CT molecular complexity index is 707. The van der Waals surface area contributed by atoms with Gasteiger partial charge in [0.1, 0.15) is 0 Å². The van der Waals surface area contributed by atoms with Crippen LogP contribution in [0.4, 0.5) is 0 Å². The molecular weight excluding hydrogens is 188 g/mol. The minimum absolute atomic E-state index is 0.0382. The SMILES string of the molecule is [2H]C1=C([2H])C([2H])Cc2c1n([2H])c1cnc(OC)cc21. The number of hydrogen-bond acceptors (Lipinski definition) is 2. The first-order valence-corrected chi connectivity index (χ1v) is 4.71. The molecule has 1 unspecified atom stereocenters. The van der Waals surface area contributed by atoms with Crippen molar-refractivity contribution >= 4 is 17.0 Å². The van der Waals surface area contributed by atoms with Crippen molar-refractivity contribution in [3.63, 3.8) is 0 Å². The van der Waals surface area contributed by atoms with Crippen molar-refractivity contribution in [1.29, 1.82) is 0 Å². The Morgan fingerprint density at radius 3 is 3.53 bits per heavy atom. The van der Waals surface area contributed by atoms with Crippen LogP contribution in [0.1, 0.15) is 21.8 Å². The van der Waals surface area contributed by atoms with E-state index in [9.17, 15) is 0 Å². The van der Waals surface area contributed by atoms with E-state index in [0.717, 1.165) is 15.9 Å². The monoisotopic (exact) mass is 204 g/mol. The number of methoxy groups -OCH3 is 1. The number of allylic oxidation sites excluding steroid dienone is 1. The van der Waals surface area contributed by atoms with Gasteiger partial charge in [0.15, 0.2) is 1.41 Å². The van der Waals surface area contributed by atoms with Gasteiger partial charge in [0.25, 0.3) is 0 Å². The van der Waals surface area contributed by atoms with Gasteiger partial charge in [0.2, 0.25) is 5.88 Å². The lowest BCUT2D eigenvalue weighted by Crippen LogP contribution is -1.91. The number of rotatable bonds is 1. The number of aryl methyl sites for hydroxylation is 1. The lowest BCUT2D eigenvalue weighted by Gasteiger charge is -2.04. The van der Waals surface area contributed by atoms with Gasteiger partial charge in [-0.15, -0.1) is 0 Å². The topological polar surface area (TPSA) is 37.9 Å². The van der Waals surface area contributed by atoms with Gasteiger partial charge in [-0.3, -0.25) is 0 Å². The van der Waals surface area contributed by atoms with Crippen molar-refractivity contribution in [1.82, 2.24) is 9.96 Å². The Kier molecular flexibility index (Phi) is 1.11. The number of nitrogens with zero attached hydrogens (tertiary/aromatic N) is 1. The van der Waals surface area contributed by atoms with Crippen LogP contribution in [0.25, 0.3) is 17.0 Å². The molecule has 3 heteroatoms. The van der Waals surface area contributed by atoms with E-state index in [0.29, 0.717) is 23.5 Å². The molecule has 0 saturated heterocycles. The predicted octanol–water partition coefficient (Wildman–Crippen LogP) is 2.53. The summed E-state index contributed by atoms with van der Waals surface area (Å²) in [6, 6.07) is 1.63. The zero-order valence-corrected chi connectivity index (χ0v) is 8.24. The highest BCUT2D eigenvalue weighted by Crippen LogP contribution is 2.29. The summed E-state index contributed by atoms with van der Waals surface area (Å²) in [6.45, 7) is 0. The van der Waals surface area contributed by atoms with Crippen LogP contribution in [0.15, 0.2) is 18.3 Å². The fourth-order valence-corrected chi connectivity index (χ4v) is 1.77. The Labute approximate surface area is 93.5 Å². The second kappa shape index (κ2) is 3.12. The maximum Gasteiger partial charge on any atom is 0.213 e. The number of aromatic amines is 1. The first-order chi connectivity index (χ1) is 9.04. The molecule has 0 saturated carbocycles. The average molecular weight is 204 g/mol. The summed E-state index contributed by atoms with van der Waals surface area (Å²) in [5.41, 5.74) is 1.71. The third kappa shape index (κ3) is 1.23. The predicted molar refractivity (Wildman–Crippen MR) is 60.0 cm³/mol. The summed E-state index contributed by atoms with van der Waals surface area (Å²) in [7, 11) is 1.52. The molecule has 1 atom stereocenters. The van der Waals surface area contributed by atoms with Gasteiger partial charge in [0.05, 0.1) is 21.6 Å². The molecule has 2 heterocycles. The first kappa shape index (κ1) is 5.35. The molecule has 0 aliphatic heterocycles. The van der Waals surface area contributed by atoms with E-state index in [2.05, 4.69) is 4.98 Å². The van der Waals surface area contributed by atoms with Crippen LogP contribution in [-0.4, -0.2) is 17.1 Å². The van der Waals surface area contributed by atoms with Gasteiger partial charge in [-0.1, -0.05) is 6.05 Å². The molecule has 0 fully saturated rings. The smallest absolute Gasteiger partial charge is 0.213 e. The minimum atomic E-state index is -0.746. The molecule has 0 radical (unpaired) electrons. The van der Waals surface area contributed by atoms with Crippen molar-refractivity contribution < 1.29 is 10.3 Å². The number of aromatic nitrogens is 2. The number of H-pyrrole nitrogens is 1. The van der Waals surface area contributed by atoms with Crippen LogP contribution in [0.5, 0.6) is 5.88 Å². The second-order valence-corrected chi connectivity index (χ2v) is 3.36. The lowest BCUT2D eigenvalue weighted by atomic mass is 10.0. The van der Waals surface area contributed by atoms with Crippen molar-refractivity contribution in [2.24, 2.45) is 0 Å². The Morgan fingerprint density at radius 2 is 2.67 bits per heavy atom. The molecule has 2 aromatic heterocycles. The number of nitrogens with one attached hydrogen (secondary N) is 1. The molecular formula is C12H12N2O. The van der Waals surface area contributed by atoms with E-state index < -0.39 is 6.40 Å². The van der Waals surface area contributed by atoms with Crippen LogP contribution < -0.4 is 4.74 Å². The Balaban J connectivity index is 2.37. The van der Waals surface area contributed by atoms with E-state index in [1.165, 1.54) is 13.3 Å². The van der Waals surface area contributed by atoms with Gasteiger partial charge in [-0.05, 0) is 24.4 Å². The summed E-state index contributed by atoms with van der Waals surface area (Å²) >= 11 is 0. The quantitative estimate of drug-likeness (QED) is 0.775. The average Bonchev–Trinajstić information content (AvgIpc) is 2.69. The van der Waals surface area contributed by atoms with Crippen LogP contribution in [0.3, 0.4) is 0 Å². The molecule has 1 N–H and O–H groups in total. The van der Waals surface area contributed by atoms with Crippen molar-refractivity contribution in [2.45, 2.75) is 12.8 Å². The van der Waals surface area contributed by atoms with Crippen LogP contribution >= 0.6 is 0 Å². The van der Waals surface area contributed by atoms with Gasteiger partial charge in [-0.25, -0.2) is 4.98 Å². The first-order valence-electron chi connectivity index (χ1n) is 6.73. The largest absolute Gasteiger partial charge is 0.481 e. The highest BCUT2D eigenvalue weighted by molar-refractivity contribution is 5.87. The maximum absolute atomic E-state index is 8.05. The highest BCUT2D eigenvalue weighted by atomic mass is 16.5. The minimum Gasteiger partial charge on any atom is -0.481 e. The molecule has 1 aliphatic rings. The van der Waals surface area contributed by atoms with E-state index in [4.69, 9.17) is 10.3 Å². The zero-order valence-electron chi connectivity index (χ0n) is 12.2. The highest BCUT2D eigenvalue weighted by Gasteiger charge is 2.12. The third-order valence-corrected chi connectivity index (χ3v) is 2.51. The number of fused-ring (bicyclic) bond motifs is 3. The normalized spacial score (nSPS) is 24.2. The zero-order chi connectivity index (χ0) is 13.7. The van der Waals surface area contributed by atoms with Crippen molar-refractivity contribution in [2.75, 3.05) is 7.11 Å². The third-order valence-electron chi connectivity index (χ3n) is 2.51. The van der Waals surface area contributed by atoms with E-state index in [1.54, 1.807) is 6.07 Å². The summed E-state index contributed by atoms with van der Waals surface area (Å²) in [4.78, 5) is 5.18. The molecule has 0 spiro atoms. The summed E-state index contributed by atoms with van der Waals surface area (Å²) < 4.78 is 36.6. The molecule has 0 amide bonds. The molecule has 3 rings (SSSR count). The van der Waals surface area contributed by atoms with Crippen molar-refractivity contribution in [3.05, 3.63) is 29.6 Å². The maximum atomic E-state index is 8.05. The van der Waals surface area contributed by atoms with Gasteiger partial charge < -0.3 is 9.71 Å². The molecule has 1 aliphatic carbocycles. The standard InChI is InChI=1S/C12H12N2O/c1-15-12-6-9-8-4-2-3-5-10(8)14-11(9)7-13-12/h3,5-7,14H,2,4H2,1H3/i2D,3D,5D/hD. The lowest BCUT2D eigenvalue weighted by molar-refractivity contribution is 0.398. The van der Waals surface area contributed by atoms with Crippen LogP contribution in [-0.2, 0) is 6.42 Å². The molecule has 3 nitrogen and oxygen atoms in total. The van der Waals surface area contributed by atoms with Crippen molar-refractivity contribution in [3.8, 4) is 5.88 Å². The number of ether oxygens (including phenoxy) is 1. The number of pyridine rings is 1. The van der Waals surface area contributed by atoms with Gasteiger partial charge in [-0.2, -0.15) is 0 Å². The Hall–Kier alpha value is -1.77. The van der Waals surface area contributed by atoms with E-state index in [1.807, 2.05) is 0 Å². The fourth-order valence-electron chi connectivity index (χ4n) is 1.77. The summed E-state index contributed by atoms with van der Waals surface area (Å²) in [5, 5.41) is 0.770. The van der Waals surface area contributed by atoms with Gasteiger partial charge >= 0.3 is 0 Å². The second-order valence-electron chi connectivity index (χ2n) is 3.36. The molecule has 76 valence electrons. The van der Waals surface area contributed by atoms with E-state index in [-0.39, 0.29) is 12.1 Å². The molecule has 15 heavy (non-hydrogen) atoms. The number of hydrogen-bond donors (Lipinski definition) is 1.